The molecule has 1 aliphatic rings. The van der Waals surface area contributed by atoms with Crippen LogP contribution in [0.1, 0.15) is 30.3 Å². The summed E-state index contributed by atoms with van der Waals surface area (Å²) in [4.78, 5) is 8.94. The van der Waals surface area contributed by atoms with Crippen molar-refractivity contribution in [2.45, 2.75) is 25.8 Å². The van der Waals surface area contributed by atoms with E-state index in [0.717, 1.165) is 29.4 Å². The van der Waals surface area contributed by atoms with Crippen LogP contribution in [0.5, 0.6) is 0 Å². The van der Waals surface area contributed by atoms with Crippen LogP contribution in [0.3, 0.4) is 0 Å². The van der Waals surface area contributed by atoms with Crippen molar-refractivity contribution in [1.29, 1.82) is 0 Å². The second kappa shape index (κ2) is 5.36. The summed E-state index contributed by atoms with van der Waals surface area (Å²) in [5.74, 6) is 0.855. The molecule has 2 aromatic heterocycles. The number of rotatable bonds is 3. The van der Waals surface area contributed by atoms with Crippen molar-refractivity contribution in [2.24, 2.45) is 0 Å². The maximum Gasteiger partial charge on any atom is 0.130 e. The average molecular weight is 254 g/mol. The minimum atomic E-state index is 0.422. The van der Waals surface area contributed by atoms with E-state index in [1.54, 1.807) is 0 Å². The molecular weight excluding hydrogens is 236 g/mol. The molecule has 0 saturated carbocycles. The van der Waals surface area contributed by atoms with Gasteiger partial charge in [-0.3, -0.25) is 4.98 Å². The quantitative estimate of drug-likeness (QED) is 0.884. The van der Waals surface area contributed by atoms with Crippen LogP contribution in [0.25, 0.3) is 0 Å². The highest BCUT2D eigenvalue weighted by Gasteiger charge is 2.16. The minimum Gasteiger partial charge on any atom is -0.339 e. The smallest absolute Gasteiger partial charge is 0.130 e. The van der Waals surface area contributed by atoms with Crippen LogP contribution < -0.4 is 10.6 Å². The van der Waals surface area contributed by atoms with Gasteiger partial charge < -0.3 is 10.6 Å². The fourth-order valence-corrected chi connectivity index (χ4v) is 2.38. The summed E-state index contributed by atoms with van der Waals surface area (Å²) in [5, 5.41) is 6.72. The van der Waals surface area contributed by atoms with Gasteiger partial charge in [0.15, 0.2) is 0 Å². The van der Waals surface area contributed by atoms with Crippen LogP contribution in [0.15, 0.2) is 36.5 Å². The zero-order chi connectivity index (χ0) is 13.1. The fraction of sp³-hybridized carbons (Fsp3) is 0.333. The molecule has 3 rings (SSSR count). The number of nitrogens with zero attached hydrogens (tertiary/aromatic N) is 2. The Balaban J connectivity index is 1.72. The molecule has 1 saturated heterocycles. The summed E-state index contributed by atoms with van der Waals surface area (Å²) >= 11 is 0. The van der Waals surface area contributed by atoms with E-state index in [1.165, 1.54) is 12.8 Å². The Morgan fingerprint density at radius 2 is 2.21 bits per heavy atom. The summed E-state index contributed by atoms with van der Waals surface area (Å²) in [7, 11) is 0. The van der Waals surface area contributed by atoms with E-state index in [4.69, 9.17) is 0 Å². The van der Waals surface area contributed by atoms with Gasteiger partial charge in [-0.1, -0.05) is 6.07 Å². The number of hydrogen-bond donors (Lipinski definition) is 2. The topological polar surface area (TPSA) is 49.8 Å². The SMILES string of the molecule is Cc1cccc(Nc2ccc([C@@H]3CCCN3)nc2)n1. The van der Waals surface area contributed by atoms with E-state index in [0.29, 0.717) is 6.04 Å². The normalized spacial score (nSPS) is 18.5. The lowest BCUT2D eigenvalue weighted by Crippen LogP contribution is -2.14. The standard InChI is InChI=1S/C15H18N4/c1-11-4-2-6-15(18-11)19-12-7-8-14(17-10-12)13-5-3-9-16-13/h2,4,6-8,10,13,16H,3,5,9H2,1H3,(H,18,19)/t13-/m0/s1. The van der Waals surface area contributed by atoms with Crippen LogP contribution in [-0.4, -0.2) is 16.5 Å². The zero-order valence-electron chi connectivity index (χ0n) is 11.1. The number of aryl methyl sites for hydroxylation is 1. The molecule has 4 heteroatoms. The van der Waals surface area contributed by atoms with Crippen molar-refractivity contribution >= 4 is 11.5 Å². The number of pyridine rings is 2. The maximum atomic E-state index is 4.53. The van der Waals surface area contributed by atoms with Crippen molar-refractivity contribution in [3.63, 3.8) is 0 Å². The molecule has 0 unspecified atom stereocenters. The van der Waals surface area contributed by atoms with Crippen molar-refractivity contribution in [3.8, 4) is 0 Å². The monoisotopic (exact) mass is 254 g/mol. The molecule has 0 spiro atoms. The third-order valence-electron chi connectivity index (χ3n) is 3.36. The average Bonchev–Trinajstić information content (AvgIpc) is 2.94. The highest BCUT2D eigenvalue weighted by molar-refractivity contribution is 5.54. The number of hydrogen-bond acceptors (Lipinski definition) is 4. The van der Waals surface area contributed by atoms with Crippen LogP contribution >= 0.6 is 0 Å². The molecule has 4 nitrogen and oxygen atoms in total. The lowest BCUT2D eigenvalue weighted by Gasteiger charge is -2.11. The van der Waals surface area contributed by atoms with E-state index in [1.807, 2.05) is 31.3 Å². The summed E-state index contributed by atoms with van der Waals surface area (Å²) in [5.41, 5.74) is 3.10. The Bertz CT molecular complexity index is 544. The molecule has 2 N–H and O–H groups in total. The summed E-state index contributed by atoms with van der Waals surface area (Å²) in [6.07, 6.45) is 4.29. The van der Waals surface area contributed by atoms with Gasteiger partial charge in [0.25, 0.3) is 0 Å². The van der Waals surface area contributed by atoms with Gasteiger partial charge in [0.1, 0.15) is 5.82 Å². The summed E-state index contributed by atoms with van der Waals surface area (Å²) < 4.78 is 0. The van der Waals surface area contributed by atoms with E-state index in [2.05, 4.69) is 32.7 Å². The van der Waals surface area contributed by atoms with Gasteiger partial charge in [0, 0.05) is 11.7 Å². The van der Waals surface area contributed by atoms with E-state index in [-0.39, 0.29) is 0 Å². The Morgan fingerprint density at radius 1 is 1.26 bits per heavy atom. The van der Waals surface area contributed by atoms with Crippen molar-refractivity contribution in [3.05, 3.63) is 47.9 Å². The molecule has 0 amide bonds. The van der Waals surface area contributed by atoms with Crippen LogP contribution in [0, 0.1) is 6.92 Å². The molecule has 1 fully saturated rings. The molecule has 19 heavy (non-hydrogen) atoms. The molecule has 0 bridgehead atoms. The van der Waals surface area contributed by atoms with Crippen LogP contribution in [0.2, 0.25) is 0 Å². The first-order valence-electron chi connectivity index (χ1n) is 6.71. The van der Waals surface area contributed by atoms with Gasteiger partial charge in [-0.2, -0.15) is 0 Å². The van der Waals surface area contributed by atoms with Gasteiger partial charge in [0.2, 0.25) is 0 Å². The molecule has 1 aliphatic heterocycles. The Hall–Kier alpha value is -1.94. The molecule has 1 atom stereocenters. The van der Waals surface area contributed by atoms with Crippen molar-refractivity contribution < 1.29 is 0 Å². The molecular formula is C15H18N4. The lowest BCUT2D eigenvalue weighted by atomic mass is 10.1. The Morgan fingerprint density at radius 3 is 2.89 bits per heavy atom. The number of anilines is 2. The van der Waals surface area contributed by atoms with Crippen molar-refractivity contribution in [2.75, 3.05) is 11.9 Å². The van der Waals surface area contributed by atoms with Crippen LogP contribution in [-0.2, 0) is 0 Å². The lowest BCUT2D eigenvalue weighted by molar-refractivity contribution is 0.628. The summed E-state index contributed by atoms with van der Waals surface area (Å²) in [6, 6.07) is 10.5. The maximum absolute atomic E-state index is 4.53. The molecule has 0 aliphatic carbocycles. The second-order valence-electron chi connectivity index (χ2n) is 4.91. The van der Waals surface area contributed by atoms with E-state index >= 15 is 0 Å². The molecule has 2 aromatic rings. The Kier molecular flexibility index (Phi) is 3.42. The highest BCUT2D eigenvalue weighted by atomic mass is 15.0. The molecule has 0 aromatic carbocycles. The first kappa shape index (κ1) is 12.1. The van der Waals surface area contributed by atoms with E-state index in [9.17, 15) is 0 Å². The number of nitrogens with one attached hydrogen (secondary N) is 2. The predicted molar refractivity (Wildman–Crippen MR) is 76.5 cm³/mol. The van der Waals surface area contributed by atoms with Gasteiger partial charge in [0.05, 0.1) is 17.6 Å². The summed E-state index contributed by atoms with van der Waals surface area (Å²) in [6.45, 7) is 3.08. The molecule has 0 radical (unpaired) electrons. The highest BCUT2D eigenvalue weighted by Crippen LogP contribution is 2.22. The van der Waals surface area contributed by atoms with Crippen molar-refractivity contribution in [1.82, 2.24) is 15.3 Å². The Labute approximate surface area is 113 Å². The minimum absolute atomic E-state index is 0.422. The molecule has 98 valence electrons. The predicted octanol–water partition coefficient (Wildman–Crippen LogP) is 2.95. The third kappa shape index (κ3) is 2.90. The number of aromatic nitrogens is 2. The first-order valence-corrected chi connectivity index (χ1v) is 6.71. The van der Waals surface area contributed by atoms with E-state index < -0.39 is 0 Å². The largest absolute Gasteiger partial charge is 0.339 e. The van der Waals surface area contributed by atoms with Gasteiger partial charge >= 0.3 is 0 Å². The first-order chi connectivity index (χ1) is 9.31. The van der Waals surface area contributed by atoms with Gasteiger partial charge in [-0.15, -0.1) is 0 Å². The van der Waals surface area contributed by atoms with Crippen LogP contribution in [0.4, 0.5) is 11.5 Å². The zero-order valence-corrected chi connectivity index (χ0v) is 11.1. The van der Waals surface area contributed by atoms with Gasteiger partial charge in [-0.05, 0) is 50.6 Å². The van der Waals surface area contributed by atoms with Gasteiger partial charge in [-0.25, -0.2) is 4.98 Å². The fourth-order valence-electron chi connectivity index (χ4n) is 2.38. The third-order valence-corrected chi connectivity index (χ3v) is 3.36. The molecule has 3 heterocycles. The second-order valence-corrected chi connectivity index (χ2v) is 4.91.